The number of aliphatic hydroxyl groups excluding tert-OH is 2. The molecule has 4 aromatic carbocycles. The van der Waals surface area contributed by atoms with Gasteiger partial charge in [0.1, 0.15) is 30.8 Å². The molecule has 4 N–H and O–H groups in total. The summed E-state index contributed by atoms with van der Waals surface area (Å²) < 4.78 is 89.2. The van der Waals surface area contributed by atoms with Gasteiger partial charge in [0.25, 0.3) is 0 Å². The molecule has 0 fully saturated rings. The number of rotatable bonds is 15. The Kier molecular flexibility index (Phi) is 21.3. The fraction of sp³-hybridized carbons (Fsp3) is 0.306. The van der Waals surface area contributed by atoms with Crippen molar-refractivity contribution in [1.29, 1.82) is 0 Å². The average Bonchev–Trinajstić information content (AvgIpc) is 3.26. The van der Waals surface area contributed by atoms with E-state index in [1.807, 2.05) is 26.8 Å². The van der Waals surface area contributed by atoms with Gasteiger partial charge in [-0.1, -0.05) is 55.7 Å². The number of nitrogens with one attached hydrogen (secondary N) is 2. The lowest BCUT2D eigenvalue weighted by atomic mass is 9.90. The van der Waals surface area contributed by atoms with Gasteiger partial charge in [0, 0.05) is 18.7 Å². The zero-order valence-electron chi connectivity index (χ0n) is 36.0. The van der Waals surface area contributed by atoms with Crippen LogP contribution in [0, 0.1) is 37.5 Å². The molecule has 0 heterocycles. The summed E-state index contributed by atoms with van der Waals surface area (Å²) in [6, 6.07) is 13.2. The Morgan fingerprint density at radius 2 is 1.24 bits per heavy atom. The highest BCUT2D eigenvalue weighted by molar-refractivity contribution is 5.87. The molecule has 1 unspecified atom stereocenters. The highest BCUT2D eigenvalue weighted by Gasteiger charge is 2.31. The number of alkyl halides is 6. The van der Waals surface area contributed by atoms with E-state index in [1.54, 1.807) is 32.9 Å². The topological polar surface area (TPSA) is 117 Å². The summed E-state index contributed by atoms with van der Waals surface area (Å²) in [4.78, 5) is 22.4. The molecule has 0 radical (unpaired) electrons. The predicted molar refractivity (Wildman–Crippen MR) is 233 cm³/mol. The Hall–Kier alpha value is -6.48. The first-order valence-corrected chi connectivity index (χ1v) is 19.5. The summed E-state index contributed by atoms with van der Waals surface area (Å²) in [6.07, 6.45) is -6.03. The van der Waals surface area contributed by atoms with Crippen LogP contribution in [0.25, 0.3) is 22.3 Å². The molecule has 0 saturated heterocycles. The Morgan fingerprint density at radius 1 is 0.794 bits per heavy atom. The van der Waals surface area contributed by atoms with Crippen molar-refractivity contribution in [2.24, 2.45) is 0 Å². The third-order valence-corrected chi connectivity index (χ3v) is 9.23. The summed E-state index contributed by atoms with van der Waals surface area (Å²) in [5.74, 6) is 11.5. The SMILES string of the molecule is C=CC.C=CC(=O)NCc1cc(-c2ccc(C(F)(F)F)cc2)c(C)c(OCC#CC)c1C(O)CO.CC#CCOc1c(C)c(-c2ccc(C(F)(F)F)cc2)cc(CNC=O)c1CC. The second kappa shape index (κ2) is 25.5. The van der Waals surface area contributed by atoms with E-state index in [-0.39, 0.29) is 31.1 Å². The third kappa shape index (κ3) is 15.1. The van der Waals surface area contributed by atoms with Crippen molar-refractivity contribution in [2.45, 2.75) is 79.5 Å². The van der Waals surface area contributed by atoms with Crippen LogP contribution in [0.3, 0.4) is 0 Å². The van der Waals surface area contributed by atoms with Crippen LogP contribution in [0.2, 0.25) is 0 Å². The molecule has 8 nitrogen and oxygen atoms in total. The van der Waals surface area contributed by atoms with Crippen molar-refractivity contribution in [2.75, 3.05) is 19.8 Å². The van der Waals surface area contributed by atoms with E-state index >= 15 is 0 Å². The fourth-order valence-electron chi connectivity index (χ4n) is 6.27. The minimum absolute atomic E-state index is 0.00257. The molecule has 4 rings (SSSR count). The Labute approximate surface area is 365 Å². The monoisotopic (exact) mass is 878 g/mol. The number of hydrogen-bond acceptors (Lipinski definition) is 6. The van der Waals surface area contributed by atoms with Gasteiger partial charge in [0.2, 0.25) is 12.3 Å². The van der Waals surface area contributed by atoms with Gasteiger partial charge in [-0.2, -0.15) is 26.3 Å². The Bertz CT molecular complexity index is 2300. The van der Waals surface area contributed by atoms with E-state index in [4.69, 9.17) is 9.47 Å². The highest BCUT2D eigenvalue weighted by Crippen LogP contribution is 2.41. The molecular weight excluding hydrogens is 827 g/mol. The normalized spacial score (nSPS) is 11.0. The molecule has 0 spiro atoms. The zero-order chi connectivity index (χ0) is 47.3. The molecule has 0 aliphatic carbocycles. The van der Waals surface area contributed by atoms with Crippen LogP contribution < -0.4 is 20.1 Å². The standard InChI is InChI=1S/C24H24F3NO4.C22H22F3NO2.C3H6/c1-4-6-11-32-23-15(3)19(16-7-9-18(10-8-16)24(25,26)27)12-17(13-28-21(31)5-2)22(23)20(30)14-29;1-4-6-11-28-21-15(3)20(12-17(13-26-14-27)19(21)5-2)16-7-9-18(10-8-16)22(23,24)25;1-3-2/h5,7-10,12,20,29-30H,2,11,13-14H2,1,3H3,(H,28,31);7-10,12,14H,5,11,13H2,1-3H3,(H,26,27);3H,1H2,2H3. The fourth-order valence-corrected chi connectivity index (χ4v) is 6.27. The van der Waals surface area contributed by atoms with E-state index in [0.717, 1.165) is 52.6 Å². The first-order valence-electron chi connectivity index (χ1n) is 19.5. The van der Waals surface area contributed by atoms with Gasteiger partial charge in [-0.15, -0.1) is 18.4 Å². The third-order valence-electron chi connectivity index (χ3n) is 9.23. The molecule has 1 atom stereocenters. The Balaban J connectivity index is 0.000000411. The summed E-state index contributed by atoms with van der Waals surface area (Å²) in [6.45, 7) is 17.4. The molecule has 0 aromatic heterocycles. The number of halogens is 6. The lowest BCUT2D eigenvalue weighted by Crippen LogP contribution is -2.22. The van der Waals surface area contributed by atoms with Gasteiger partial charge in [0.05, 0.1) is 17.7 Å². The summed E-state index contributed by atoms with van der Waals surface area (Å²) in [7, 11) is 0. The molecule has 336 valence electrons. The maximum atomic E-state index is 13.0. The number of carbonyl (C=O) groups is 2. The lowest BCUT2D eigenvalue weighted by molar-refractivity contribution is -0.138. The number of hydrogen-bond donors (Lipinski definition) is 4. The lowest BCUT2D eigenvalue weighted by Gasteiger charge is -2.23. The second-order valence-electron chi connectivity index (χ2n) is 13.4. The summed E-state index contributed by atoms with van der Waals surface area (Å²) >= 11 is 0. The largest absolute Gasteiger partial charge is 0.480 e. The Morgan fingerprint density at radius 3 is 1.63 bits per heavy atom. The maximum Gasteiger partial charge on any atom is 0.416 e. The minimum atomic E-state index is -4.46. The van der Waals surface area contributed by atoms with E-state index in [2.05, 4.69) is 47.5 Å². The molecule has 0 saturated carbocycles. The number of amides is 2. The van der Waals surface area contributed by atoms with Gasteiger partial charge < -0.3 is 30.3 Å². The molecular formula is C49H52F6N2O6. The smallest absolute Gasteiger partial charge is 0.416 e. The molecule has 63 heavy (non-hydrogen) atoms. The van der Waals surface area contributed by atoms with Gasteiger partial charge >= 0.3 is 12.4 Å². The minimum Gasteiger partial charge on any atom is -0.480 e. The van der Waals surface area contributed by atoms with E-state index in [1.165, 1.54) is 24.3 Å². The maximum absolute atomic E-state index is 13.0. The summed E-state index contributed by atoms with van der Waals surface area (Å²) in [5, 5.41) is 25.3. The number of carbonyl (C=O) groups excluding carboxylic acids is 2. The van der Waals surface area contributed by atoms with Crippen LogP contribution in [0.4, 0.5) is 26.3 Å². The summed E-state index contributed by atoms with van der Waals surface area (Å²) in [5.41, 5.74) is 4.84. The van der Waals surface area contributed by atoms with Crippen LogP contribution in [0.5, 0.6) is 11.5 Å². The number of aliphatic hydroxyl groups is 2. The predicted octanol–water partition coefficient (Wildman–Crippen LogP) is 9.99. The van der Waals surface area contributed by atoms with E-state index in [0.29, 0.717) is 52.9 Å². The molecule has 2 amide bonds. The number of benzene rings is 4. The van der Waals surface area contributed by atoms with Crippen molar-refractivity contribution in [3.05, 3.63) is 130 Å². The van der Waals surface area contributed by atoms with Crippen molar-refractivity contribution in [3.8, 4) is 57.4 Å². The first kappa shape index (κ1) is 52.7. The van der Waals surface area contributed by atoms with Crippen LogP contribution in [-0.4, -0.2) is 42.4 Å². The molecule has 0 aliphatic heterocycles. The van der Waals surface area contributed by atoms with Gasteiger partial charge in [0.15, 0.2) is 0 Å². The molecule has 14 heteroatoms. The van der Waals surface area contributed by atoms with Gasteiger partial charge in [-0.3, -0.25) is 9.59 Å². The van der Waals surface area contributed by atoms with Crippen molar-refractivity contribution in [3.63, 3.8) is 0 Å². The zero-order valence-corrected chi connectivity index (χ0v) is 36.0. The van der Waals surface area contributed by atoms with E-state index in [9.17, 15) is 46.1 Å². The van der Waals surface area contributed by atoms with Crippen molar-refractivity contribution >= 4 is 12.3 Å². The van der Waals surface area contributed by atoms with Crippen LogP contribution in [0.1, 0.15) is 78.3 Å². The van der Waals surface area contributed by atoms with Gasteiger partial charge in [-0.05, 0) is 134 Å². The quantitative estimate of drug-likeness (QED) is 0.0311. The second-order valence-corrected chi connectivity index (χ2v) is 13.4. The van der Waals surface area contributed by atoms with Crippen molar-refractivity contribution in [1.82, 2.24) is 10.6 Å². The van der Waals surface area contributed by atoms with Crippen LogP contribution >= 0.6 is 0 Å². The van der Waals surface area contributed by atoms with Gasteiger partial charge in [-0.25, -0.2) is 0 Å². The highest BCUT2D eigenvalue weighted by atomic mass is 19.4. The number of allylic oxidation sites excluding steroid dienone is 1. The molecule has 0 aliphatic rings. The van der Waals surface area contributed by atoms with Crippen LogP contribution in [0.15, 0.2) is 86.0 Å². The number of ether oxygens (including phenoxy) is 2. The molecule has 4 aromatic rings. The molecule has 0 bridgehead atoms. The van der Waals surface area contributed by atoms with E-state index < -0.39 is 42.1 Å². The van der Waals surface area contributed by atoms with Crippen molar-refractivity contribution < 1.29 is 55.6 Å². The average molecular weight is 879 g/mol. The van der Waals surface area contributed by atoms with Crippen LogP contribution in [-0.2, 0) is 41.5 Å². The first-order chi connectivity index (χ1) is 29.9.